The number of hydrogen-bond acceptors (Lipinski definition) is 3. The molecule has 5 nitrogen and oxygen atoms in total. The van der Waals surface area contributed by atoms with Crippen LogP contribution in [0.2, 0.25) is 0 Å². The van der Waals surface area contributed by atoms with Gasteiger partial charge >= 0.3 is 6.03 Å². The molecule has 5 heteroatoms. The standard InChI is InChI=1S/C10H10N2O3/c13-6-7-1-3-8(4-2-7)12-9(14)5-11-10(12)15/h1-4,13H,5-6H2,(H,11,15). The summed E-state index contributed by atoms with van der Waals surface area (Å²) in [7, 11) is 0. The highest BCUT2D eigenvalue weighted by atomic mass is 16.3. The predicted molar refractivity (Wildman–Crippen MR) is 53.2 cm³/mol. The monoisotopic (exact) mass is 206 g/mol. The number of nitrogens with one attached hydrogen (secondary N) is 1. The van der Waals surface area contributed by atoms with Crippen LogP contribution in [0.25, 0.3) is 0 Å². The summed E-state index contributed by atoms with van der Waals surface area (Å²) in [5, 5.41) is 11.3. The van der Waals surface area contributed by atoms with E-state index >= 15 is 0 Å². The molecule has 0 bridgehead atoms. The molecule has 15 heavy (non-hydrogen) atoms. The number of benzene rings is 1. The van der Waals surface area contributed by atoms with Crippen molar-refractivity contribution in [1.29, 1.82) is 0 Å². The van der Waals surface area contributed by atoms with Crippen LogP contribution in [0.5, 0.6) is 0 Å². The first kappa shape index (κ1) is 9.67. The Kier molecular flexibility index (Phi) is 2.39. The Morgan fingerprint density at radius 1 is 1.27 bits per heavy atom. The van der Waals surface area contributed by atoms with Gasteiger partial charge < -0.3 is 10.4 Å². The van der Waals surface area contributed by atoms with Crippen LogP contribution in [0.15, 0.2) is 24.3 Å². The van der Waals surface area contributed by atoms with Gasteiger partial charge in [-0.15, -0.1) is 0 Å². The van der Waals surface area contributed by atoms with Gasteiger partial charge in [0.05, 0.1) is 18.8 Å². The molecule has 0 unspecified atom stereocenters. The summed E-state index contributed by atoms with van der Waals surface area (Å²) in [5.41, 5.74) is 1.26. The van der Waals surface area contributed by atoms with Crippen LogP contribution < -0.4 is 10.2 Å². The fraction of sp³-hybridized carbons (Fsp3) is 0.200. The van der Waals surface area contributed by atoms with E-state index in [4.69, 9.17) is 5.11 Å². The molecular weight excluding hydrogens is 196 g/mol. The fourth-order valence-corrected chi connectivity index (χ4v) is 1.43. The van der Waals surface area contributed by atoms with E-state index < -0.39 is 6.03 Å². The number of urea groups is 1. The first-order valence-electron chi connectivity index (χ1n) is 4.53. The van der Waals surface area contributed by atoms with E-state index in [9.17, 15) is 9.59 Å². The van der Waals surface area contributed by atoms with E-state index in [-0.39, 0.29) is 19.1 Å². The number of imide groups is 1. The second kappa shape index (κ2) is 3.70. The first-order chi connectivity index (χ1) is 7.22. The minimum atomic E-state index is -0.406. The summed E-state index contributed by atoms with van der Waals surface area (Å²) in [6.45, 7) is -0.0129. The molecule has 0 atom stereocenters. The summed E-state index contributed by atoms with van der Waals surface area (Å²) < 4.78 is 0. The van der Waals surface area contributed by atoms with Crippen LogP contribution in [0.4, 0.5) is 10.5 Å². The van der Waals surface area contributed by atoms with Crippen molar-refractivity contribution in [2.24, 2.45) is 0 Å². The molecule has 1 fully saturated rings. The lowest BCUT2D eigenvalue weighted by atomic mass is 10.2. The Hall–Kier alpha value is -1.88. The summed E-state index contributed by atoms with van der Waals surface area (Å²) in [6, 6.07) is 6.21. The molecule has 3 amide bonds. The van der Waals surface area contributed by atoms with Gasteiger partial charge in [0, 0.05) is 0 Å². The predicted octanol–water partition coefficient (Wildman–Crippen LogP) is 0.235. The zero-order chi connectivity index (χ0) is 10.8. The zero-order valence-corrected chi connectivity index (χ0v) is 7.93. The second-order valence-electron chi connectivity index (χ2n) is 3.21. The second-order valence-corrected chi connectivity index (χ2v) is 3.21. The Labute approximate surface area is 86.3 Å². The number of hydrogen-bond donors (Lipinski definition) is 2. The molecule has 1 saturated heterocycles. The highest BCUT2D eigenvalue weighted by Crippen LogP contribution is 2.17. The number of nitrogens with zero attached hydrogens (tertiary/aromatic N) is 1. The largest absolute Gasteiger partial charge is 0.392 e. The Morgan fingerprint density at radius 2 is 1.93 bits per heavy atom. The third kappa shape index (κ3) is 1.69. The Bertz CT molecular complexity index is 384. The smallest absolute Gasteiger partial charge is 0.329 e. The lowest BCUT2D eigenvalue weighted by Gasteiger charge is -2.12. The maximum absolute atomic E-state index is 11.3. The third-order valence-electron chi connectivity index (χ3n) is 2.22. The number of aliphatic hydroxyl groups is 1. The average molecular weight is 206 g/mol. The molecule has 78 valence electrons. The maximum atomic E-state index is 11.3. The van der Waals surface area contributed by atoms with Crippen LogP contribution >= 0.6 is 0 Å². The summed E-state index contributed by atoms with van der Waals surface area (Å²) in [5.74, 6) is -0.267. The Balaban J connectivity index is 2.29. The quantitative estimate of drug-likeness (QED) is 0.681. The molecule has 0 aliphatic carbocycles. The minimum absolute atomic E-state index is 0.0422. The lowest BCUT2D eigenvalue weighted by Crippen LogP contribution is -2.30. The molecule has 0 radical (unpaired) electrons. The number of carbonyl (C=O) groups is 2. The number of anilines is 1. The van der Waals surface area contributed by atoms with Crippen molar-refractivity contribution in [3.63, 3.8) is 0 Å². The van der Waals surface area contributed by atoms with Crippen molar-refractivity contribution in [1.82, 2.24) is 5.32 Å². The van der Waals surface area contributed by atoms with Crippen LogP contribution in [-0.2, 0) is 11.4 Å². The van der Waals surface area contributed by atoms with E-state index in [0.29, 0.717) is 5.69 Å². The molecule has 1 aromatic carbocycles. The first-order valence-corrected chi connectivity index (χ1v) is 4.53. The zero-order valence-electron chi connectivity index (χ0n) is 7.93. The molecule has 2 N–H and O–H groups in total. The number of carbonyl (C=O) groups excluding carboxylic acids is 2. The molecule has 1 heterocycles. The molecule has 0 spiro atoms. The van der Waals surface area contributed by atoms with E-state index in [1.165, 1.54) is 0 Å². The van der Waals surface area contributed by atoms with Crippen molar-refractivity contribution in [2.75, 3.05) is 11.4 Å². The van der Waals surface area contributed by atoms with Gasteiger partial charge in [-0.25, -0.2) is 9.69 Å². The van der Waals surface area contributed by atoms with Crippen LogP contribution in [0.1, 0.15) is 5.56 Å². The maximum Gasteiger partial charge on any atom is 0.329 e. The number of amides is 3. The van der Waals surface area contributed by atoms with Crippen molar-refractivity contribution >= 4 is 17.6 Å². The van der Waals surface area contributed by atoms with E-state index in [0.717, 1.165) is 10.5 Å². The topological polar surface area (TPSA) is 69.6 Å². The van der Waals surface area contributed by atoms with Crippen molar-refractivity contribution in [2.45, 2.75) is 6.61 Å². The van der Waals surface area contributed by atoms with Gasteiger partial charge in [0.25, 0.3) is 5.91 Å². The van der Waals surface area contributed by atoms with Gasteiger partial charge in [0.15, 0.2) is 0 Å². The molecule has 0 aromatic heterocycles. The SMILES string of the molecule is O=C1CNC(=O)N1c1ccc(CO)cc1. The summed E-state index contributed by atoms with van der Waals surface area (Å²) in [6.07, 6.45) is 0. The highest BCUT2D eigenvalue weighted by molar-refractivity contribution is 6.19. The molecular formula is C10H10N2O3. The van der Waals surface area contributed by atoms with E-state index in [1.807, 2.05) is 0 Å². The minimum Gasteiger partial charge on any atom is -0.392 e. The third-order valence-corrected chi connectivity index (χ3v) is 2.22. The van der Waals surface area contributed by atoms with Gasteiger partial charge in [-0.05, 0) is 17.7 Å². The molecule has 2 rings (SSSR count). The van der Waals surface area contributed by atoms with Crippen LogP contribution in [-0.4, -0.2) is 23.6 Å². The van der Waals surface area contributed by atoms with E-state index in [1.54, 1.807) is 24.3 Å². The van der Waals surface area contributed by atoms with Gasteiger partial charge in [-0.3, -0.25) is 4.79 Å². The lowest BCUT2D eigenvalue weighted by molar-refractivity contribution is -0.115. The van der Waals surface area contributed by atoms with Crippen LogP contribution in [0.3, 0.4) is 0 Å². The van der Waals surface area contributed by atoms with Crippen molar-refractivity contribution in [3.8, 4) is 0 Å². The van der Waals surface area contributed by atoms with Gasteiger partial charge in [-0.2, -0.15) is 0 Å². The average Bonchev–Trinajstić information content (AvgIpc) is 2.59. The van der Waals surface area contributed by atoms with E-state index in [2.05, 4.69) is 5.32 Å². The van der Waals surface area contributed by atoms with Crippen LogP contribution in [0, 0.1) is 0 Å². The molecule has 0 saturated carbocycles. The highest BCUT2D eigenvalue weighted by Gasteiger charge is 2.29. The summed E-state index contributed by atoms with van der Waals surface area (Å²) >= 11 is 0. The Morgan fingerprint density at radius 3 is 2.40 bits per heavy atom. The number of rotatable bonds is 2. The van der Waals surface area contributed by atoms with Gasteiger partial charge in [-0.1, -0.05) is 12.1 Å². The normalized spacial score (nSPS) is 15.7. The fourth-order valence-electron chi connectivity index (χ4n) is 1.43. The number of aliphatic hydroxyl groups excluding tert-OH is 1. The molecule has 1 aliphatic rings. The summed E-state index contributed by atoms with van der Waals surface area (Å²) in [4.78, 5) is 23.7. The van der Waals surface area contributed by atoms with Gasteiger partial charge in [0.2, 0.25) is 0 Å². The van der Waals surface area contributed by atoms with Crippen molar-refractivity contribution in [3.05, 3.63) is 29.8 Å². The molecule has 1 aliphatic heterocycles. The van der Waals surface area contributed by atoms with Crippen molar-refractivity contribution < 1.29 is 14.7 Å². The molecule has 1 aromatic rings. The van der Waals surface area contributed by atoms with Gasteiger partial charge in [0.1, 0.15) is 0 Å².